The summed E-state index contributed by atoms with van der Waals surface area (Å²) in [7, 11) is 0. The highest BCUT2D eigenvalue weighted by Crippen LogP contribution is 2.29. The predicted molar refractivity (Wildman–Crippen MR) is 67.1 cm³/mol. The van der Waals surface area contributed by atoms with Crippen LogP contribution in [0.4, 0.5) is 5.69 Å². The number of nitrogens with one attached hydrogen (secondary N) is 1. The van der Waals surface area contributed by atoms with Gasteiger partial charge in [0.2, 0.25) is 0 Å². The van der Waals surface area contributed by atoms with Crippen LogP contribution in [0.2, 0.25) is 0 Å². The fourth-order valence-electron chi connectivity index (χ4n) is 1.69. The molecule has 0 radical (unpaired) electrons. The number of ether oxygens (including phenoxy) is 1. The van der Waals surface area contributed by atoms with Crippen molar-refractivity contribution >= 4 is 11.6 Å². The minimum absolute atomic E-state index is 0.104. The first-order chi connectivity index (χ1) is 8.22. The van der Waals surface area contributed by atoms with Crippen LogP contribution in [-0.2, 0) is 0 Å². The first-order valence-corrected chi connectivity index (χ1v) is 6.02. The molecule has 1 saturated carbocycles. The van der Waals surface area contributed by atoms with Gasteiger partial charge < -0.3 is 15.8 Å². The van der Waals surface area contributed by atoms with Crippen LogP contribution in [0.15, 0.2) is 18.2 Å². The average molecular weight is 234 g/mol. The molecule has 1 fully saturated rings. The zero-order valence-corrected chi connectivity index (χ0v) is 10.0. The van der Waals surface area contributed by atoms with E-state index in [0.29, 0.717) is 29.5 Å². The first-order valence-electron chi connectivity index (χ1n) is 6.02. The summed E-state index contributed by atoms with van der Waals surface area (Å²) in [6.45, 7) is 3.12. The lowest BCUT2D eigenvalue weighted by atomic mass is 10.1. The molecule has 1 amide bonds. The quantitative estimate of drug-likeness (QED) is 0.764. The number of carbonyl (C=O) groups is 1. The Hall–Kier alpha value is -1.71. The number of amides is 1. The maximum atomic E-state index is 12.0. The van der Waals surface area contributed by atoms with Gasteiger partial charge in [-0.1, -0.05) is 6.07 Å². The lowest BCUT2D eigenvalue weighted by Crippen LogP contribution is -2.26. The molecule has 17 heavy (non-hydrogen) atoms. The van der Waals surface area contributed by atoms with Crippen molar-refractivity contribution < 1.29 is 9.53 Å². The molecule has 1 aromatic carbocycles. The van der Waals surface area contributed by atoms with Crippen LogP contribution in [-0.4, -0.2) is 19.1 Å². The number of rotatable bonds is 5. The van der Waals surface area contributed by atoms with Crippen LogP contribution in [0.3, 0.4) is 0 Å². The molecule has 3 N–H and O–H groups in total. The molecule has 0 aliphatic heterocycles. The Morgan fingerprint density at radius 2 is 2.29 bits per heavy atom. The molecule has 1 aromatic rings. The van der Waals surface area contributed by atoms with E-state index in [1.165, 1.54) is 12.8 Å². The van der Waals surface area contributed by atoms with Crippen molar-refractivity contribution in [3.8, 4) is 5.75 Å². The molecule has 0 aromatic heterocycles. The number of anilines is 1. The molecule has 1 aliphatic rings. The topological polar surface area (TPSA) is 64.3 Å². The minimum Gasteiger partial charge on any atom is -0.491 e. The Bertz CT molecular complexity index is 414. The zero-order chi connectivity index (χ0) is 12.3. The van der Waals surface area contributed by atoms with E-state index >= 15 is 0 Å². The van der Waals surface area contributed by atoms with Gasteiger partial charge in [0.1, 0.15) is 0 Å². The van der Waals surface area contributed by atoms with Crippen molar-refractivity contribution in [2.24, 2.45) is 5.92 Å². The third-order valence-electron chi connectivity index (χ3n) is 2.83. The van der Waals surface area contributed by atoms with Crippen LogP contribution in [0, 0.1) is 5.92 Å². The Labute approximate surface area is 101 Å². The lowest BCUT2D eigenvalue weighted by molar-refractivity contribution is 0.0948. The van der Waals surface area contributed by atoms with Gasteiger partial charge in [-0.3, -0.25) is 4.79 Å². The molecule has 4 heteroatoms. The lowest BCUT2D eigenvalue weighted by Gasteiger charge is -2.12. The Morgan fingerprint density at radius 1 is 1.53 bits per heavy atom. The molecule has 0 saturated heterocycles. The third kappa shape index (κ3) is 2.90. The summed E-state index contributed by atoms with van der Waals surface area (Å²) in [6.07, 6.45) is 2.44. The highest BCUT2D eigenvalue weighted by atomic mass is 16.5. The van der Waals surface area contributed by atoms with Crippen molar-refractivity contribution in [3.05, 3.63) is 23.8 Å². The van der Waals surface area contributed by atoms with Crippen molar-refractivity contribution in [2.75, 3.05) is 18.9 Å². The summed E-state index contributed by atoms with van der Waals surface area (Å²) in [5.74, 6) is 1.05. The van der Waals surface area contributed by atoms with Crippen molar-refractivity contribution in [1.29, 1.82) is 0 Å². The summed E-state index contributed by atoms with van der Waals surface area (Å²) >= 11 is 0. The van der Waals surface area contributed by atoms with E-state index in [2.05, 4.69) is 5.32 Å². The van der Waals surface area contributed by atoms with E-state index in [0.717, 1.165) is 6.54 Å². The van der Waals surface area contributed by atoms with E-state index in [-0.39, 0.29) is 5.91 Å². The summed E-state index contributed by atoms with van der Waals surface area (Å²) in [4.78, 5) is 12.0. The molecule has 0 heterocycles. The van der Waals surface area contributed by atoms with Gasteiger partial charge in [0.25, 0.3) is 5.91 Å². The van der Waals surface area contributed by atoms with Crippen LogP contribution >= 0.6 is 0 Å². The van der Waals surface area contributed by atoms with Crippen LogP contribution < -0.4 is 15.8 Å². The van der Waals surface area contributed by atoms with Gasteiger partial charge in [0.05, 0.1) is 17.9 Å². The number of benzene rings is 1. The fraction of sp³-hybridized carbons (Fsp3) is 0.462. The Morgan fingerprint density at radius 3 is 2.94 bits per heavy atom. The molecular weight excluding hydrogens is 216 g/mol. The van der Waals surface area contributed by atoms with Crippen LogP contribution in [0.5, 0.6) is 5.75 Å². The van der Waals surface area contributed by atoms with Crippen LogP contribution in [0.25, 0.3) is 0 Å². The standard InChI is InChI=1S/C13H18N2O2/c1-2-17-12-10(4-3-5-11(12)14)13(16)15-8-9-6-7-9/h3-5,9H,2,6-8,14H2,1H3,(H,15,16). The maximum Gasteiger partial charge on any atom is 0.255 e. The fourth-order valence-corrected chi connectivity index (χ4v) is 1.69. The monoisotopic (exact) mass is 234 g/mol. The summed E-state index contributed by atoms with van der Waals surface area (Å²) in [5.41, 5.74) is 6.83. The maximum absolute atomic E-state index is 12.0. The molecule has 0 spiro atoms. The highest BCUT2D eigenvalue weighted by Gasteiger charge is 2.23. The number of nitrogens with two attached hydrogens (primary N) is 1. The predicted octanol–water partition coefficient (Wildman–Crippen LogP) is 1.81. The van der Waals surface area contributed by atoms with Crippen molar-refractivity contribution in [1.82, 2.24) is 5.32 Å². The highest BCUT2D eigenvalue weighted by molar-refractivity contribution is 5.98. The molecule has 4 nitrogen and oxygen atoms in total. The number of para-hydroxylation sites is 1. The van der Waals surface area contributed by atoms with Crippen molar-refractivity contribution in [3.63, 3.8) is 0 Å². The Balaban J connectivity index is 2.11. The second-order valence-corrected chi connectivity index (χ2v) is 4.31. The second kappa shape index (κ2) is 5.08. The van der Waals surface area contributed by atoms with Gasteiger partial charge in [-0.15, -0.1) is 0 Å². The molecule has 2 rings (SSSR count). The van der Waals surface area contributed by atoms with Gasteiger partial charge in [0, 0.05) is 6.54 Å². The molecule has 92 valence electrons. The van der Waals surface area contributed by atoms with E-state index in [9.17, 15) is 4.79 Å². The van der Waals surface area contributed by atoms with Gasteiger partial charge >= 0.3 is 0 Å². The van der Waals surface area contributed by atoms with E-state index in [4.69, 9.17) is 10.5 Å². The first kappa shape index (κ1) is 11.8. The van der Waals surface area contributed by atoms with Gasteiger partial charge in [-0.2, -0.15) is 0 Å². The number of hydrogen-bond donors (Lipinski definition) is 2. The molecule has 1 aliphatic carbocycles. The van der Waals surface area contributed by atoms with E-state index in [1.807, 2.05) is 6.92 Å². The second-order valence-electron chi connectivity index (χ2n) is 4.31. The number of hydrogen-bond acceptors (Lipinski definition) is 3. The van der Waals surface area contributed by atoms with Crippen LogP contribution in [0.1, 0.15) is 30.1 Å². The average Bonchev–Trinajstić information content (AvgIpc) is 3.13. The normalized spacial score (nSPS) is 14.4. The molecular formula is C13H18N2O2. The smallest absolute Gasteiger partial charge is 0.255 e. The van der Waals surface area contributed by atoms with E-state index in [1.54, 1.807) is 18.2 Å². The summed E-state index contributed by atoms with van der Waals surface area (Å²) in [5, 5.41) is 2.91. The SMILES string of the molecule is CCOc1c(N)cccc1C(=O)NCC1CC1. The molecule has 0 unspecified atom stereocenters. The van der Waals surface area contributed by atoms with Crippen molar-refractivity contribution in [2.45, 2.75) is 19.8 Å². The van der Waals surface area contributed by atoms with Gasteiger partial charge in [0.15, 0.2) is 5.75 Å². The molecule has 0 atom stereocenters. The van der Waals surface area contributed by atoms with Gasteiger partial charge in [-0.05, 0) is 37.8 Å². The Kier molecular flexibility index (Phi) is 3.52. The zero-order valence-electron chi connectivity index (χ0n) is 10.0. The summed E-state index contributed by atoms with van der Waals surface area (Å²) in [6, 6.07) is 5.25. The van der Waals surface area contributed by atoms with E-state index < -0.39 is 0 Å². The minimum atomic E-state index is -0.104. The third-order valence-corrected chi connectivity index (χ3v) is 2.83. The molecule has 0 bridgehead atoms. The van der Waals surface area contributed by atoms with Gasteiger partial charge in [-0.25, -0.2) is 0 Å². The number of nitrogen functional groups attached to an aromatic ring is 1. The summed E-state index contributed by atoms with van der Waals surface area (Å²) < 4.78 is 5.43. The largest absolute Gasteiger partial charge is 0.491 e. The number of carbonyl (C=O) groups excluding carboxylic acids is 1.